The Morgan fingerprint density at radius 3 is 2.65 bits per heavy atom. The molecule has 2 unspecified atom stereocenters. The molecule has 0 aliphatic heterocycles. The lowest BCUT2D eigenvalue weighted by Gasteiger charge is -2.20. The lowest BCUT2D eigenvalue weighted by molar-refractivity contribution is -0.120. The van der Waals surface area contributed by atoms with Crippen LogP contribution >= 0.6 is 0 Å². The number of halogens is 2. The van der Waals surface area contributed by atoms with E-state index >= 15 is 0 Å². The predicted molar refractivity (Wildman–Crippen MR) is 61.2 cm³/mol. The standard InChI is InChI=1S/C12H16F2N2O/c1-3-7(2)16-11(12(15)17)9-6-8(13)4-5-10(9)14/h4-7,11,16H,3H2,1-2H3,(H2,15,17). The maximum Gasteiger partial charge on any atom is 0.239 e. The molecule has 1 aromatic rings. The summed E-state index contributed by atoms with van der Waals surface area (Å²) >= 11 is 0. The van der Waals surface area contributed by atoms with Crippen molar-refractivity contribution >= 4 is 5.91 Å². The van der Waals surface area contributed by atoms with E-state index in [-0.39, 0.29) is 11.6 Å². The van der Waals surface area contributed by atoms with Crippen molar-refractivity contribution < 1.29 is 13.6 Å². The molecular formula is C12H16F2N2O. The van der Waals surface area contributed by atoms with Crippen LogP contribution in [-0.2, 0) is 4.79 Å². The topological polar surface area (TPSA) is 55.1 Å². The summed E-state index contributed by atoms with van der Waals surface area (Å²) in [5, 5.41) is 2.87. The molecule has 3 nitrogen and oxygen atoms in total. The molecule has 0 aliphatic carbocycles. The molecule has 0 bridgehead atoms. The molecule has 94 valence electrons. The van der Waals surface area contributed by atoms with Gasteiger partial charge < -0.3 is 5.73 Å². The molecule has 1 aromatic carbocycles. The third-order valence-electron chi connectivity index (χ3n) is 2.62. The molecule has 0 saturated carbocycles. The minimum Gasteiger partial charge on any atom is -0.368 e. The maximum atomic E-state index is 13.5. The highest BCUT2D eigenvalue weighted by Crippen LogP contribution is 2.19. The summed E-state index contributed by atoms with van der Waals surface area (Å²) in [6, 6.07) is 1.94. The first-order valence-electron chi connectivity index (χ1n) is 5.46. The number of benzene rings is 1. The van der Waals surface area contributed by atoms with Crippen LogP contribution in [0.2, 0.25) is 0 Å². The number of carbonyl (C=O) groups excluding carboxylic acids is 1. The molecule has 0 aromatic heterocycles. The van der Waals surface area contributed by atoms with E-state index in [1.54, 1.807) is 0 Å². The summed E-state index contributed by atoms with van der Waals surface area (Å²) in [4.78, 5) is 11.3. The lowest BCUT2D eigenvalue weighted by Crippen LogP contribution is -2.39. The highest BCUT2D eigenvalue weighted by molar-refractivity contribution is 5.81. The van der Waals surface area contributed by atoms with Crippen LogP contribution in [0.3, 0.4) is 0 Å². The molecule has 17 heavy (non-hydrogen) atoms. The Bertz CT molecular complexity index is 409. The van der Waals surface area contributed by atoms with Crippen LogP contribution in [-0.4, -0.2) is 11.9 Å². The van der Waals surface area contributed by atoms with Crippen LogP contribution in [0.25, 0.3) is 0 Å². The van der Waals surface area contributed by atoms with Crippen molar-refractivity contribution in [3.05, 3.63) is 35.4 Å². The van der Waals surface area contributed by atoms with E-state index in [0.29, 0.717) is 0 Å². The van der Waals surface area contributed by atoms with Gasteiger partial charge in [-0.25, -0.2) is 8.78 Å². The van der Waals surface area contributed by atoms with E-state index in [9.17, 15) is 13.6 Å². The number of hydrogen-bond acceptors (Lipinski definition) is 2. The fraction of sp³-hybridized carbons (Fsp3) is 0.417. The molecule has 0 spiro atoms. The minimum atomic E-state index is -1.01. The quantitative estimate of drug-likeness (QED) is 0.828. The number of primary amides is 1. The van der Waals surface area contributed by atoms with Crippen molar-refractivity contribution in [1.29, 1.82) is 0 Å². The average Bonchev–Trinajstić information content (AvgIpc) is 2.28. The van der Waals surface area contributed by atoms with Crippen molar-refractivity contribution in [3.63, 3.8) is 0 Å². The smallest absolute Gasteiger partial charge is 0.239 e. The van der Waals surface area contributed by atoms with E-state index in [4.69, 9.17) is 5.73 Å². The van der Waals surface area contributed by atoms with Crippen molar-refractivity contribution in [2.24, 2.45) is 5.73 Å². The van der Waals surface area contributed by atoms with Gasteiger partial charge in [0.1, 0.15) is 17.7 Å². The minimum absolute atomic E-state index is 0.0184. The van der Waals surface area contributed by atoms with E-state index in [2.05, 4.69) is 5.32 Å². The number of amides is 1. The molecular weight excluding hydrogens is 226 g/mol. The summed E-state index contributed by atoms with van der Waals surface area (Å²) in [6.07, 6.45) is 0.751. The first kappa shape index (κ1) is 13.6. The van der Waals surface area contributed by atoms with E-state index in [1.807, 2.05) is 13.8 Å². The Balaban J connectivity index is 3.05. The summed E-state index contributed by atoms with van der Waals surface area (Å²) in [5.74, 6) is -1.97. The summed E-state index contributed by atoms with van der Waals surface area (Å²) < 4.78 is 26.6. The molecule has 0 radical (unpaired) electrons. The third-order valence-corrected chi connectivity index (χ3v) is 2.62. The molecule has 1 amide bonds. The zero-order valence-electron chi connectivity index (χ0n) is 9.84. The number of hydrogen-bond donors (Lipinski definition) is 2. The largest absolute Gasteiger partial charge is 0.368 e. The second-order valence-electron chi connectivity index (χ2n) is 3.98. The predicted octanol–water partition coefficient (Wildman–Crippen LogP) is 1.88. The molecule has 3 N–H and O–H groups in total. The van der Waals surface area contributed by atoms with Gasteiger partial charge in [-0.15, -0.1) is 0 Å². The summed E-state index contributed by atoms with van der Waals surface area (Å²) in [6.45, 7) is 3.75. The van der Waals surface area contributed by atoms with Gasteiger partial charge in [0, 0.05) is 11.6 Å². The van der Waals surface area contributed by atoms with Gasteiger partial charge >= 0.3 is 0 Å². The van der Waals surface area contributed by atoms with Crippen LogP contribution in [0.1, 0.15) is 31.9 Å². The first-order valence-corrected chi connectivity index (χ1v) is 5.46. The highest BCUT2D eigenvalue weighted by Gasteiger charge is 2.23. The molecule has 5 heteroatoms. The fourth-order valence-electron chi connectivity index (χ4n) is 1.46. The highest BCUT2D eigenvalue weighted by atomic mass is 19.1. The van der Waals surface area contributed by atoms with Crippen LogP contribution in [0.15, 0.2) is 18.2 Å². The average molecular weight is 242 g/mol. The van der Waals surface area contributed by atoms with E-state index in [1.165, 1.54) is 0 Å². The summed E-state index contributed by atoms with van der Waals surface area (Å²) in [7, 11) is 0. The van der Waals surface area contributed by atoms with Crippen molar-refractivity contribution in [2.45, 2.75) is 32.4 Å². The van der Waals surface area contributed by atoms with Crippen LogP contribution in [0.5, 0.6) is 0 Å². The van der Waals surface area contributed by atoms with Gasteiger partial charge in [-0.2, -0.15) is 0 Å². The Hall–Kier alpha value is -1.49. The van der Waals surface area contributed by atoms with Gasteiger partial charge in [0.2, 0.25) is 5.91 Å². The summed E-state index contributed by atoms with van der Waals surface area (Å²) in [5.41, 5.74) is 5.14. The molecule has 0 fully saturated rings. The molecule has 2 atom stereocenters. The number of nitrogens with one attached hydrogen (secondary N) is 1. The second-order valence-corrected chi connectivity index (χ2v) is 3.98. The Labute approximate surface area is 99.0 Å². The Morgan fingerprint density at radius 2 is 2.12 bits per heavy atom. The van der Waals surface area contributed by atoms with Crippen LogP contribution in [0, 0.1) is 11.6 Å². The molecule has 0 heterocycles. The first-order chi connectivity index (χ1) is 7.95. The van der Waals surface area contributed by atoms with Gasteiger partial charge in [-0.05, 0) is 31.5 Å². The van der Waals surface area contributed by atoms with Crippen LogP contribution < -0.4 is 11.1 Å². The zero-order valence-corrected chi connectivity index (χ0v) is 9.84. The van der Waals surface area contributed by atoms with Crippen LogP contribution in [0.4, 0.5) is 8.78 Å². The van der Waals surface area contributed by atoms with Crippen molar-refractivity contribution in [1.82, 2.24) is 5.32 Å². The Morgan fingerprint density at radius 1 is 1.47 bits per heavy atom. The van der Waals surface area contributed by atoms with Gasteiger partial charge in [0.25, 0.3) is 0 Å². The maximum absolute atomic E-state index is 13.5. The number of rotatable bonds is 5. The molecule has 0 saturated heterocycles. The fourth-order valence-corrected chi connectivity index (χ4v) is 1.46. The SMILES string of the molecule is CCC(C)NC(C(N)=O)c1cc(F)ccc1F. The number of nitrogens with two attached hydrogens (primary N) is 1. The molecule has 0 aliphatic rings. The zero-order chi connectivity index (χ0) is 13.0. The number of carbonyl (C=O) groups is 1. The van der Waals surface area contributed by atoms with Gasteiger partial charge in [-0.1, -0.05) is 6.92 Å². The van der Waals surface area contributed by atoms with E-state index in [0.717, 1.165) is 24.6 Å². The van der Waals surface area contributed by atoms with E-state index < -0.39 is 23.6 Å². The normalized spacial score (nSPS) is 14.4. The van der Waals surface area contributed by atoms with Gasteiger partial charge in [-0.3, -0.25) is 10.1 Å². The third kappa shape index (κ3) is 3.49. The lowest BCUT2D eigenvalue weighted by atomic mass is 10.0. The molecule has 1 rings (SSSR count). The second kappa shape index (κ2) is 5.72. The van der Waals surface area contributed by atoms with Crippen molar-refractivity contribution in [3.8, 4) is 0 Å². The Kier molecular flexibility index (Phi) is 4.57. The van der Waals surface area contributed by atoms with Gasteiger partial charge in [0.05, 0.1) is 0 Å². The van der Waals surface area contributed by atoms with Gasteiger partial charge in [0.15, 0.2) is 0 Å². The van der Waals surface area contributed by atoms with Crippen molar-refractivity contribution in [2.75, 3.05) is 0 Å². The monoisotopic (exact) mass is 242 g/mol.